The Bertz CT molecular complexity index is 678. The second-order valence-electron chi connectivity index (χ2n) is 5.94. The lowest BCUT2D eigenvalue weighted by atomic mass is 10.0. The van der Waals surface area contributed by atoms with E-state index < -0.39 is 5.51 Å². The van der Waals surface area contributed by atoms with Gasteiger partial charge in [-0.15, -0.1) is 0 Å². The van der Waals surface area contributed by atoms with Crippen molar-refractivity contribution in [3.63, 3.8) is 0 Å². The van der Waals surface area contributed by atoms with E-state index in [1.807, 2.05) is 13.0 Å². The molecule has 22 heavy (non-hydrogen) atoms. The number of likely N-dealkylation sites (tertiary alicyclic amines) is 1. The molecule has 6 heteroatoms. The van der Waals surface area contributed by atoms with Crippen LogP contribution in [-0.2, 0) is 6.42 Å². The van der Waals surface area contributed by atoms with Crippen molar-refractivity contribution in [2.75, 3.05) is 13.6 Å². The fourth-order valence-electron chi connectivity index (χ4n) is 3.35. The molecule has 2 nitrogen and oxygen atoms in total. The molecule has 1 aromatic carbocycles. The lowest BCUT2D eigenvalue weighted by Gasteiger charge is -2.20. The molecule has 2 heterocycles. The van der Waals surface area contributed by atoms with E-state index in [1.165, 1.54) is 0 Å². The van der Waals surface area contributed by atoms with Crippen molar-refractivity contribution in [1.82, 2.24) is 9.88 Å². The molecule has 3 rings (SSSR count). The third-order valence-corrected chi connectivity index (χ3v) is 5.23. The summed E-state index contributed by atoms with van der Waals surface area (Å²) in [6.07, 6.45) is 3.07. The van der Waals surface area contributed by atoms with Gasteiger partial charge in [0.1, 0.15) is 0 Å². The van der Waals surface area contributed by atoms with Gasteiger partial charge in [0, 0.05) is 27.5 Å². The van der Waals surface area contributed by atoms with E-state index in [0.717, 1.165) is 48.0 Å². The number of aromatic nitrogens is 1. The second kappa shape index (κ2) is 5.81. The molecule has 1 aliphatic heterocycles. The molecular formula is C16H19F3N2S. The third kappa shape index (κ3) is 3.13. The summed E-state index contributed by atoms with van der Waals surface area (Å²) in [7, 11) is 2.09. The molecule has 0 amide bonds. The molecule has 0 aliphatic carbocycles. The van der Waals surface area contributed by atoms with Crippen LogP contribution in [0.2, 0.25) is 0 Å². The molecule has 0 spiro atoms. The van der Waals surface area contributed by atoms with Crippen LogP contribution in [0.3, 0.4) is 0 Å². The Labute approximate surface area is 132 Å². The summed E-state index contributed by atoms with van der Waals surface area (Å²) in [6.45, 7) is 3.02. The number of benzene rings is 1. The zero-order chi connectivity index (χ0) is 15.9. The Hall–Kier alpha value is -1.14. The lowest BCUT2D eigenvalue weighted by molar-refractivity contribution is -0.0327. The topological polar surface area (TPSA) is 19.0 Å². The van der Waals surface area contributed by atoms with Gasteiger partial charge in [0.15, 0.2) is 0 Å². The minimum atomic E-state index is -4.26. The van der Waals surface area contributed by atoms with E-state index in [2.05, 4.69) is 16.9 Å². The molecule has 1 aromatic heterocycles. The summed E-state index contributed by atoms with van der Waals surface area (Å²) in [5.41, 5.74) is -1.46. The summed E-state index contributed by atoms with van der Waals surface area (Å²) in [5, 5.41) is 0.739. The van der Waals surface area contributed by atoms with Crippen LogP contribution in [-0.4, -0.2) is 35.0 Å². The maximum atomic E-state index is 12.8. The van der Waals surface area contributed by atoms with E-state index in [4.69, 9.17) is 0 Å². The molecule has 0 bridgehead atoms. The van der Waals surface area contributed by atoms with Crippen molar-refractivity contribution in [2.45, 2.75) is 42.6 Å². The summed E-state index contributed by atoms with van der Waals surface area (Å²) < 4.78 is 38.5. The fraction of sp³-hybridized carbons (Fsp3) is 0.500. The van der Waals surface area contributed by atoms with Crippen molar-refractivity contribution in [3.8, 4) is 0 Å². The Balaban J connectivity index is 2.03. The van der Waals surface area contributed by atoms with E-state index in [0.29, 0.717) is 10.9 Å². The highest BCUT2D eigenvalue weighted by Gasteiger charge is 2.31. The normalized spacial score (nSPS) is 20.1. The highest BCUT2D eigenvalue weighted by molar-refractivity contribution is 8.00. The molecule has 1 atom stereocenters. The van der Waals surface area contributed by atoms with Gasteiger partial charge in [-0.3, -0.25) is 0 Å². The van der Waals surface area contributed by atoms with E-state index in [-0.39, 0.29) is 11.8 Å². The van der Waals surface area contributed by atoms with Gasteiger partial charge in [0.05, 0.1) is 0 Å². The minimum absolute atomic E-state index is 0.0172. The number of hydrogen-bond acceptors (Lipinski definition) is 2. The number of nitrogens with zero attached hydrogens (tertiary/aromatic N) is 1. The maximum Gasteiger partial charge on any atom is 0.446 e. The summed E-state index contributed by atoms with van der Waals surface area (Å²) in [6, 6.07) is 5.51. The number of likely N-dealkylation sites (N-methyl/N-ethyl adjacent to an activating group) is 1. The van der Waals surface area contributed by atoms with Crippen molar-refractivity contribution in [1.29, 1.82) is 0 Å². The van der Waals surface area contributed by atoms with Crippen LogP contribution < -0.4 is 0 Å². The highest BCUT2D eigenvalue weighted by Crippen LogP contribution is 2.42. The fourth-order valence-corrected chi connectivity index (χ4v) is 4.08. The van der Waals surface area contributed by atoms with E-state index in [9.17, 15) is 13.2 Å². The van der Waals surface area contributed by atoms with Crippen LogP contribution in [0.15, 0.2) is 23.1 Å². The molecule has 1 N–H and O–H groups in total. The zero-order valence-electron chi connectivity index (χ0n) is 12.6. The van der Waals surface area contributed by atoms with Gasteiger partial charge in [-0.2, -0.15) is 13.2 Å². The van der Waals surface area contributed by atoms with Crippen LogP contribution in [0.1, 0.15) is 24.1 Å². The molecule has 2 aromatic rings. The smallest absolute Gasteiger partial charge is 0.358 e. The SMILES string of the molecule is Cc1[nH]c2cccc(SC(F)(F)F)c2c1C[C@H]1CCCN1C. The van der Waals surface area contributed by atoms with Gasteiger partial charge in [-0.1, -0.05) is 6.07 Å². The van der Waals surface area contributed by atoms with Crippen LogP contribution in [0.4, 0.5) is 13.2 Å². The standard InChI is InChI=1S/C16H19F3N2S/c1-10-12(9-11-5-4-8-21(11)2)15-13(20-10)6-3-7-14(15)22-16(17,18)19/h3,6-7,11,20H,4-5,8-9H2,1-2H3/t11-/m1/s1. The number of aromatic amines is 1. The number of aryl methyl sites for hydroxylation is 1. The molecule has 120 valence electrons. The molecule has 0 radical (unpaired) electrons. The number of nitrogens with one attached hydrogen (secondary N) is 1. The lowest BCUT2D eigenvalue weighted by Crippen LogP contribution is -2.27. The number of hydrogen-bond donors (Lipinski definition) is 1. The molecule has 1 saturated heterocycles. The van der Waals surface area contributed by atoms with E-state index in [1.54, 1.807) is 12.1 Å². The predicted molar refractivity (Wildman–Crippen MR) is 84.3 cm³/mol. The summed E-state index contributed by atoms with van der Waals surface area (Å²) in [5.74, 6) is 0. The molecular weight excluding hydrogens is 309 g/mol. The van der Waals surface area contributed by atoms with Gasteiger partial charge in [0.2, 0.25) is 0 Å². The third-order valence-electron chi connectivity index (χ3n) is 4.44. The first-order chi connectivity index (χ1) is 10.3. The number of alkyl halides is 3. The first kappa shape index (κ1) is 15.7. The molecule has 0 unspecified atom stereocenters. The van der Waals surface area contributed by atoms with Gasteiger partial charge < -0.3 is 9.88 Å². The Kier molecular flexibility index (Phi) is 4.16. The minimum Gasteiger partial charge on any atom is -0.358 e. The first-order valence-electron chi connectivity index (χ1n) is 7.41. The number of thioether (sulfide) groups is 1. The number of halogens is 3. The Morgan fingerprint density at radius 1 is 1.36 bits per heavy atom. The molecule has 0 saturated carbocycles. The number of rotatable bonds is 3. The predicted octanol–water partition coefficient (Wildman–Crippen LogP) is 4.72. The average molecular weight is 328 g/mol. The largest absolute Gasteiger partial charge is 0.446 e. The van der Waals surface area contributed by atoms with Gasteiger partial charge in [-0.05, 0) is 69.2 Å². The summed E-state index contributed by atoms with van der Waals surface area (Å²) >= 11 is -0.0172. The highest BCUT2D eigenvalue weighted by atomic mass is 32.2. The number of H-pyrrole nitrogens is 1. The maximum absolute atomic E-state index is 12.8. The van der Waals surface area contributed by atoms with Crippen molar-refractivity contribution < 1.29 is 13.2 Å². The van der Waals surface area contributed by atoms with Crippen LogP contribution in [0.5, 0.6) is 0 Å². The quantitative estimate of drug-likeness (QED) is 0.822. The van der Waals surface area contributed by atoms with Gasteiger partial charge in [-0.25, -0.2) is 0 Å². The van der Waals surface area contributed by atoms with Gasteiger partial charge in [0.25, 0.3) is 0 Å². The Morgan fingerprint density at radius 3 is 2.77 bits per heavy atom. The van der Waals surface area contributed by atoms with Crippen LogP contribution in [0.25, 0.3) is 10.9 Å². The second-order valence-corrected chi connectivity index (χ2v) is 7.04. The van der Waals surface area contributed by atoms with Crippen molar-refractivity contribution in [3.05, 3.63) is 29.5 Å². The average Bonchev–Trinajstić information content (AvgIpc) is 2.94. The Morgan fingerprint density at radius 2 is 2.14 bits per heavy atom. The van der Waals surface area contributed by atoms with Crippen molar-refractivity contribution >= 4 is 22.7 Å². The van der Waals surface area contributed by atoms with Gasteiger partial charge >= 0.3 is 5.51 Å². The first-order valence-corrected chi connectivity index (χ1v) is 8.23. The van der Waals surface area contributed by atoms with E-state index >= 15 is 0 Å². The van der Waals surface area contributed by atoms with Crippen molar-refractivity contribution in [2.24, 2.45) is 0 Å². The van der Waals surface area contributed by atoms with Crippen LogP contribution in [0, 0.1) is 6.92 Å². The molecule has 1 fully saturated rings. The summed E-state index contributed by atoms with van der Waals surface area (Å²) in [4.78, 5) is 5.84. The number of fused-ring (bicyclic) bond motifs is 1. The monoisotopic (exact) mass is 328 g/mol. The zero-order valence-corrected chi connectivity index (χ0v) is 13.4. The van der Waals surface area contributed by atoms with Crippen LogP contribution >= 0.6 is 11.8 Å². The molecule has 1 aliphatic rings.